The first-order chi connectivity index (χ1) is 30.5. The third kappa shape index (κ3) is 7.76. The molecule has 8 aliphatic rings. The lowest BCUT2D eigenvalue weighted by Gasteiger charge is -2.72. The third-order valence-electron chi connectivity index (χ3n) is 19.8. The lowest BCUT2D eigenvalue weighted by Crippen LogP contribution is -2.67. The van der Waals surface area contributed by atoms with E-state index in [1.807, 2.05) is 0 Å². The van der Waals surface area contributed by atoms with Crippen molar-refractivity contribution in [3.05, 3.63) is 11.6 Å². The average Bonchev–Trinajstić information content (AvgIpc) is 3.27. The Hall–Kier alpha value is -0.940. The van der Waals surface area contributed by atoms with E-state index >= 15 is 0 Å². The predicted octanol–water partition coefficient (Wildman–Crippen LogP) is 0.468. The zero-order valence-electron chi connectivity index (χ0n) is 39.4. The van der Waals surface area contributed by atoms with Crippen molar-refractivity contribution >= 4 is 0 Å². The lowest BCUT2D eigenvalue weighted by molar-refractivity contribution is -0.376. The van der Waals surface area contributed by atoms with Crippen molar-refractivity contribution in [1.29, 1.82) is 0 Å². The molecular weight excluding hydrogens is 849 g/mol. The van der Waals surface area contributed by atoms with Crippen LogP contribution < -0.4 is 0 Å². The van der Waals surface area contributed by atoms with Crippen molar-refractivity contribution in [3.63, 3.8) is 0 Å². The van der Waals surface area contributed by atoms with Crippen LogP contribution in [0.3, 0.4) is 0 Å². The number of aliphatic hydroxyl groups is 11. The molecule has 8 rings (SSSR count). The van der Waals surface area contributed by atoms with Crippen LogP contribution in [0.15, 0.2) is 11.6 Å². The molecule has 0 spiro atoms. The molecule has 65 heavy (non-hydrogen) atoms. The minimum Gasteiger partial charge on any atom is -0.396 e. The highest BCUT2D eigenvalue weighted by Crippen LogP contribution is 2.76. The highest BCUT2D eigenvalue weighted by molar-refractivity contribution is 5.34. The first-order valence-electron chi connectivity index (χ1n) is 24.4. The fourth-order valence-corrected chi connectivity index (χ4v) is 15.5. The quantitative estimate of drug-likeness (QED) is 0.111. The van der Waals surface area contributed by atoms with Crippen LogP contribution in [-0.2, 0) is 28.4 Å². The highest BCUT2D eigenvalue weighted by Gasteiger charge is 2.70. The second-order valence-corrected chi connectivity index (χ2v) is 23.1. The summed E-state index contributed by atoms with van der Waals surface area (Å²) in [6, 6.07) is 0. The van der Waals surface area contributed by atoms with Crippen molar-refractivity contribution in [2.24, 2.45) is 56.7 Å². The van der Waals surface area contributed by atoms with E-state index in [1.54, 1.807) is 0 Å². The molecule has 0 aromatic carbocycles. The largest absolute Gasteiger partial charge is 0.396 e. The summed E-state index contributed by atoms with van der Waals surface area (Å²) in [5.74, 6) is 0.701. The van der Waals surface area contributed by atoms with Gasteiger partial charge in [-0.05, 0) is 110 Å². The molecule has 11 N–H and O–H groups in total. The van der Waals surface area contributed by atoms with E-state index in [1.165, 1.54) is 12.5 Å². The van der Waals surface area contributed by atoms with E-state index < -0.39 is 122 Å². The number of fused-ring (bicyclic) bond motifs is 7. The Morgan fingerprint density at radius 3 is 1.83 bits per heavy atom. The molecule has 0 bridgehead atoms. The van der Waals surface area contributed by atoms with E-state index in [2.05, 4.69) is 54.5 Å². The number of aliphatic hydroxyl groups excluding tert-OH is 11. The van der Waals surface area contributed by atoms with E-state index in [9.17, 15) is 56.2 Å². The Kier molecular flexibility index (Phi) is 14.0. The molecule has 374 valence electrons. The Bertz CT molecular complexity index is 1720. The van der Waals surface area contributed by atoms with Crippen LogP contribution >= 0.6 is 0 Å². The summed E-state index contributed by atoms with van der Waals surface area (Å²) in [4.78, 5) is 0. The van der Waals surface area contributed by atoms with Crippen LogP contribution in [0.1, 0.15) is 107 Å². The van der Waals surface area contributed by atoms with Crippen LogP contribution in [-0.4, -0.2) is 180 Å². The van der Waals surface area contributed by atoms with Crippen molar-refractivity contribution < 1.29 is 84.6 Å². The van der Waals surface area contributed by atoms with Gasteiger partial charge >= 0.3 is 0 Å². The van der Waals surface area contributed by atoms with Crippen molar-refractivity contribution in [2.45, 2.75) is 211 Å². The minimum absolute atomic E-state index is 0.0105. The van der Waals surface area contributed by atoms with Gasteiger partial charge in [-0.25, -0.2) is 0 Å². The van der Waals surface area contributed by atoms with Gasteiger partial charge in [-0.2, -0.15) is 0 Å². The van der Waals surface area contributed by atoms with E-state index in [4.69, 9.17) is 28.4 Å². The van der Waals surface area contributed by atoms with Crippen molar-refractivity contribution in [2.75, 3.05) is 19.8 Å². The first-order valence-corrected chi connectivity index (χ1v) is 24.4. The Labute approximate surface area is 383 Å². The van der Waals surface area contributed by atoms with Crippen molar-refractivity contribution in [3.8, 4) is 0 Å². The van der Waals surface area contributed by atoms with E-state index in [0.717, 1.165) is 38.5 Å². The summed E-state index contributed by atoms with van der Waals surface area (Å²) in [6.45, 7) is 16.6. The van der Waals surface area contributed by atoms with Gasteiger partial charge in [0.15, 0.2) is 18.9 Å². The standard InChI is InChI=1S/C48H80O17/c1-21-22(2)31-24-9-10-29-45(6)13-12-30(64-43-40(37(57)34(54)27(19-50)63-43)65-41-38(58)35(55)32(52)23(3)60-41)44(4,5)28(45)11-14-47(29,8)46(24,7)15-16-48(31,20-51)17-25(21)61-42-39(59)36(56)33(53)26(18-49)62-42/h9,21-23,25-43,49-59H,10-20H2,1-8H3/t21-,22+,23+,25-,26-,27-,28-,29+,30+,31+,32+,33-,34+,35+,36+,37+,38+,39-,40+,41+,42+,43-,45+,46-,47-,48+/m1/s1. The molecule has 26 atom stereocenters. The van der Waals surface area contributed by atoms with Gasteiger partial charge in [-0.15, -0.1) is 0 Å². The van der Waals surface area contributed by atoms with Crippen LogP contribution in [0.4, 0.5) is 0 Å². The van der Waals surface area contributed by atoms with Gasteiger partial charge in [0.25, 0.3) is 0 Å². The summed E-state index contributed by atoms with van der Waals surface area (Å²) in [5.41, 5.74) is 0.190. The van der Waals surface area contributed by atoms with Crippen LogP contribution in [0.25, 0.3) is 0 Å². The Morgan fingerprint density at radius 2 is 1.20 bits per heavy atom. The van der Waals surface area contributed by atoms with Gasteiger partial charge < -0.3 is 84.6 Å². The molecule has 7 fully saturated rings. The average molecular weight is 929 g/mol. The van der Waals surface area contributed by atoms with E-state index in [0.29, 0.717) is 18.8 Å². The summed E-state index contributed by atoms with van der Waals surface area (Å²) in [5, 5.41) is 117. The molecule has 0 aromatic rings. The number of ether oxygens (including phenoxy) is 6. The van der Waals surface area contributed by atoms with E-state index in [-0.39, 0.29) is 52.6 Å². The topological polar surface area (TPSA) is 278 Å². The number of allylic oxidation sites excluding steroid dienone is 2. The molecule has 5 aliphatic carbocycles. The third-order valence-corrected chi connectivity index (χ3v) is 19.8. The maximum Gasteiger partial charge on any atom is 0.187 e. The summed E-state index contributed by atoms with van der Waals surface area (Å²) in [7, 11) is 0. The normalized spacial score (nSPS) is 56.7. The molecule has 0 amide bonds. The summed E-state index contributed by atoms with van der Waals surface area (Å²) in [6.07, 6.45) is -12.7. The summed E-state index contributed by atoms with van der Waals surface area (Å²) >= 11 is 0. The fraction of sp³-hybridized carbons (Fsp3) is 0.958. The summed E-state index contributed by atoms with van der Waals surface area (Å²) < 4.78 is 37.0. The van der Waals surface area contributed by atoms with Gasteiger partial charge in [0.05, 0.1) is 31.5 Å². The number of hydrogen-bond donors (Lipinski definition) is 11. The van der Waals surface area contributed by atoms with Crippen LogP contribution in [0.5, 0.6) is 0 Å². The van der Waals surface area contributed by atoms with Crippen LogP contribution in [0.2, 0.25) is 0 Å². The smallest absolute Gasteiger partial charge is 0.187 e. The number of rotatable bonds is 9. The molecule has 3 saturated heterocycles. The molecule has 3 aliphatic heterocycles. The van der Waals surface area contributed by atoms with Crippen molar-refractivity contribution in [1.82, 2.24) is 0 Å². The maximum atomic E-state index is 11.4. The SMILES string of the molecule is C[C@@H]1[C@H](C)[C@H]2C3=CC[C@H]4[C@@]5(C)CC[C@H](O[C@H]6O[C@H](CO)[C@H](O)[C@H](O)[C@@H]6O[C@@H]6O[C@@H](C)[C@H](O)[C@H](O)[C@@H]6O)C(C)(C)[C@H]5CC[C@@]4(C)[C@]3(C)CC[C@@]2(CO)C[C@H]1O[C@H]1O[C@H](CO)[C@@H](O)[C@H](O)[C@H]1O. The van der Waals surface area contributed by atoms with Crippen LogP contribution in [0, 0.1) is 56.7 Å². The molecule has 3 heterocycles. The number of hydrogen-bond acceptors (Lipinski definition) is 17. The highest BCUT2D eigenvalue weighted by atomic mass is 16.8. The van der Waals surface area contributed by atoms with Gasteiger partial charge in [0, 0.05) is 12.0 Å². The second kappa shape index (κ2) is 18.0. The molecular formula is C48H80O17. The lowest BCUT2D eigenvalue weighted by atomic mass is 9.33. The molecule has 4 saturated carbocycles. The predicted molar refractivity (Wildman–Crippen MR) is 230 cm³/mol. The second-order valence-electron chi connectivity index (χ2n) is 23.1. The van der Waals surface area contributed by atoms with Gasteiger partial charge in [-0.3, -0.25) is 0 Å². The Morgan fingerprint density at radius 1 is 0.600 bits per heavy atom. The fourth-order valence-electron chi connectivity index (χ4n) is 15.5. The van der Waals surface area contributed by atoms with Gasteiger partial charge in [0.1, 0.15) is 67.1 Å². The zero-order chi connectivity index (χ0) is 47.5. The molecule has 0 aromatic heterocycles. The molecule has 17 heteroatoms. The first kappa shape index (κ1) is 50.4. The zero-order valence-corrected chi connectivity index (χ0v) is 39.4. The molecule has 0 radical (unpaired) electrons. The maximum absolute atomic E-state index is 11.4. The van der Waals surface area contributed by atoms with Gasteiger partial charge in [-0.1, -0.05) is 60.1 Å². The minimum atomic E-state index is -1.66. The Balaban J connectivity index is 1.02. The molecule has 17 nitrogen and oxygen atoms in total. The molecule has 0 unspecified atom stereocenters. The monoisotopic (exact) mass is 929 g/mol. The van der Waals surface area contributed by atoms with Gasteiger partial charge in [0.2, 0.25) is 0 Å².